The van der Waals surface area contributed by atoms with E-state index in [-0.39, 0.29) is 33.8 Å². The van der Waals surface area contributed by atoms with E-state index in [4.69, 9.17) is 5.11 Å². The van der Waals surface area contributed by atoms with Crippen LogP contribution in [-0.4, -0.2) is 199 Å². The summed E-state index contributed by atoms with van der Waals surface area (Å²) in [5.41, 5.74) is 0. The summed E-state index contributed by atoms with van der Waals surface area (Å²) in [6.07, 6.45) is 12.9. The van der Waals surface area contributed by atoms with Crippen LogP contribution in [0.25, 0.3) is 0 Å². The number of carbonyl (C=O) groups is 2. The molecule has 4 saturated heterocycles. The third kappa shape index (κ3) is 56.6. The standard InChI is InChI=1S/C8H18N2.C7H16N2O.C7H13NO.C7H15N.C6H11F2N.C4H10O2S.C3H8O.2C2H6.2CH4/c1-3-4-10-7-5-9(2)6-8-10;1-4-7(10)8-5-6-9(2)3;1-2-7(9)8-5-3-4-6-8;1-2-5-8-6-3-4-7-8;1-2-3-9-4-6(7,8)5-9;1-3-4-7(2,5)6;1-2-3-4;2*1-2;;/h3-8H2,1-2H3;4-6H2,1-3H3,(H,8,10);2-6H2,1H3;2-7H2,1H3;2-5H2,1H3;3-4H2,1-2H3;4H,2-3H2,1H3;2*1-2H3;2*1H4. The molecule has 0 aliphatic carbocycles. The smallest absolute Gasteiger partial charge is 0.272 e. The summed E-state index contributed by atoms with van der Waals surface area (Å²) in [5, 5.41) is 10.7. The molecule has 0 atom stereocenters. The van der Waals surface area contributed by atoms with Gasteiger partial charge in [-0.1, -0.05) is 91.0 Å². The Labute approximate surface area is 392 Å². The van der Waals surface area contributed by atoms with Crippen LogP contribution in [0.1, 0.15) is 162 Å². The molecular weight excluding hydrogens is 825 g/mol. The lowest BCUT2D eigenvalue weighted by molar-refractivity contribution is -0.130. The second-order valence-electron chi connectivity index (χ2n) is 15.6. The van der Waals surface area contributed by atoms with E-state index in [1.54, 1.807) is 4.90 Å². The molecule has 4 heterocycles. The molecule has 0 bridgehead atoms. The second-order valence-corrected chi connectivity index (χ2v) is 17.8. The maximum Gasteiger partial charge on any atom is 0.272 e. The van der Waals surface area contributed by atoms with Crippen molar-refractivity contribution in [2.75, 3.05) is 138 Å². The fourth-order valence-electron chi connectivity index (χ4n) is 5.90. The lowest BCUT2D eigenvalue weighted by Crippen LogP contribution is -2.56. The highest BCUT2D eigenvalue weighted by atomic mass is 32.2. The molecule has 0 aromatic rings. The Hall–Kier alpha value is -1.49. The largest absolute Gasteiger partial charge is 0.396 e. The highest BCUT2D eigenvalue weighted by Gasteiger charge is 2.42. The molecule has 4 aliphatic rings. The zero-order chi connectivity index (χ0) is 48.1. The maximum atomic E-state index is 12.1. The number of nitrogens with one attached hydrogen (secondary N) is 1. The van der Waals surface area contributed by atoms with E-state index in [1.807, 2.05) is 86.2 Å². The molecule has 0 aromatic carbocycles. The van der Waals surface area contributed by atoms with Crippen LogP contribution < -0.4 is 5.32 Å². The highest BCUT2D eigenvalue weighted by Crippen LogP contribution is 2.26. The van der Waals surface area contributed by atoms with Gasteiger partial charge in [0, 0.05) is 83.8 Å². The summed E-state index contributed by atoms with van der Waals surface area (Å²) in [6, 6.07) is 0. The maximum absolute atomic E-state index is 12.1. The van der Waals surface area contributed by atoms with Crippen molar-refractivity contribution in [1.82, 2.24) is 34.7 Å². The van der Waals surface area contributed by atoms with Gasteiger partial charge in [-0.05, 0) is 112 Å². The third-order valence-corrected chi connectivity index (χ3v) is 10.2. The van der Waals surface area contributed by atoms with Crippen molar-refractivity contribution in [3.05, 3.63) is 0 Å². The van der Waals surface area contributed by atoms with E-state index in [9.17, 15) is 26.8 Å². The van der Waals surface area contributed by atoms with Gasteiger partial charge in [0.05, 0.1) is 13.1 Å². The molecule has 0 aromatic heterocycles. The highest BCUT2D eigenvalue weighted by molar-refractivity contribution is 7.90. The first-order chi connectivity index (χ1) is 28.9. The number of hydrogen-bond donors (Lipinski definition) is 2. The number of hydrogen-bond acceptors (Lipinski definition) is 10. The van der Waals surface area contributed by atoms with E-state index in [2.05, 4.69) is 40.9 Å². The number of halogens is 2. The van der Waals surface area contributed by atoms with Gasteiger partial charge < -0.3 is 34.9 Å². The van der Waals surface area contributed by atoms with Crippen molar-refractivity contribution in [3.8, 4) is 0 Å². The van der Waals surface area contributed by atoms with Crippen LogP contribution in [0.3, 0.4) is 0 Å². The van der Waals surface area contributed by atoms with Gasteiger partial charge in [0.25, 0.3) is 5.92 Å². The van der Waals surface area contributed by atoms with Gasteiger partial charge in [0.1, 0.15) is 9.84 Å². The number of aliphatic hydroxyl groups excluding tert-OH is 1. The molecule has 15 heteroatoms. The summed E-state index contributed by atoms with van der Waals surface area (Å²) in [4.78, 5) is 34.8. The summed E-state index contributed by atoms with van der Waals surface area (Å²) < 4.78 is 44.6. The quantitative estimate of drug-likeness (QED) is 0.175. The molecule has 2 amide bonds. The minimum atomic E-state index is -2.67. The van der Waals surface area contributed by atoms with Crippen LogP contribution in [0.2, 0.25) is 0 Å². The molecule has 4 aliphatic heterocycles. The van der Waals surface area contributed by atoms with Gasteiger partial charge in [0.2, 0.25) is 11.8 Å². The van der Waals surface area contributed by atoms with Gasteiger partial charge in [-0.3, -0.25) is 14.5 Å². The van der Waals surface area contributed by atoms with Gasteiger partial charge in [0.15, 0.2) is 0 Å². The van der Waals surface area contributed by atoms with E-state index >= 15 is 0 Å². The normalized spacial score (nSPS) is 16.4. The zero-order valence-corrected chi connectivity index (χ0v) is 43.5. The van der Waals surface area contributed by atoms with Gasteiger partial charge in [-0.15, -0.1) is 0 Å². The monoisotopic (exact) mass is 936 g/mol. The number of aliphatic hydroxyl groups is 1. The van der Waals surface area contributed by atoms with E-state index in [0.717, 1.165) is 52.0 Å². The number of likely N-dealkylation sites (tertiary alicyclic amines) is 3. The molecule has 0 radical (unpaired) electrons. The van der Waals surface area contributed by atoms with Crippen LogP contribution in [0.4, 0.5) is 8.78 Å². The second kappa shape index (κ2) is 53.1. The fraction of sp³-hybridized carbons (Fsp3) is 0.958. The lowest BCUT2D eigenvalue weighted by Gasteiger charge is -2.38. The SMILES string of the molecule is C.C.CC.CC.CCC(=O)N1CCCC1.CCC(=O)NCCN(C)C.CCCN1CC(F)(F)C1.CCCN1CCCC1.CCCN1CCN(C)CC1.CCCO.CCCS(C)(=O)=O. The third-order valence-electron chi connectivity index (χ3n) is 9.09. The fourth-order valence-corrected chi connectivity index (χ4v) is 6.64. The number of likely N-dealkylation sites (N-methyl/N-ethyl adjacent to an activating group) is 2. The van der Waals surface area contributed by atoms with Gasteiger partial charge in [-0.25, -0.2) is 17.2 Å². The average molecular weight is 937 g/mol. The molecule has 63 heavy (non-hydrogen) atoms. The number of sulfone groups is 1. The van der Waals surface area contributed by atoms with Crippen LogP contribution >= 0.6 is 0 Å². The Balaban J connectivity index is -0.000000115. The first-order valence-electron chi connectivity index (χ1n) is 24.1. The van der Waals surface area contributed by atoms with E-state index in [0.29, 0.717) is 31.1 Å². The number of alkyl halides is 2. The Morgan fingerprint density at radius 2 is 1.05 bits per heavy atom. The molecular formula is C48H111F2N7O5S. The number of carbonyl (C=O) groups excluding carboxylic acids is 2. The molecule has 12 nitrogen and oxygen atoms in total. The summed E-state index contributed by atoms with van der Waals surface area (Å²) in [5.74, 6) is -1.63. The van der Waals surface area contributed by atoms with Gasteiger partial charge >= 0.3 is 0 Å². The van der Waals surface area contributed by atoms with Crippen molar-refractivity contribution < 1.29 is 31.9 Å². The van der Waals surface area contributed by atoms with Crippen LogP contribution in [-0.2, 0) is 19.4 Å². The summed E-state index contributed by atoms with van der Waals surface area (Å²) >= 11 is 0. The first kappa shape index (κ1) is 75.8. The van der Waals surface area contributed by atoms with Crippen LogP contribution in [0.15, 0.2) is 0 Å². The molecule has 388 valence electrons. The molecule has 4 fully saturated rings. The molecule has 4 rings (SSSR count). The van der Waals surface area contributed by atoms with E-state index in [1.165, 1.54) is 97.1 Å². The summed E-state index contributed by atoms with van der Waals surface area (Å²) in [7, 11) is 3.49. The molecule has 0 spiro atoms. The Morgan fingerprint density at radius 3 is 1.35 bits per heavy atom. The van der Waals surface area contributed by atoms with Gasteiger partial charge in [-0.2, -0.15) is 0 Å². The van der Waals surface area contributed by atoms with Crippen LogP contribution in [0, 0.1) is 0 Å². The molecule has 0 saturated carbocycles. The number of piperazine rings is 1. The van der Waals surface area contributed by atoms with Crippen molar-refractivity contribution in [2.24, 2.45) is 0 Å². The predicted octanol–water partition coefficient (Wildman–Crippen LogP) is 8.73. The molecule has 0 unspecified atom stereocenters. The van der Waals surface area contributed by atoms with Crippen molar-refractivity contribution in [2.45, 2.75) is 168 Å². The average Bonchev–Trinajstić information content (AvgIpc) is 3.96. The van der Waals surface area contributed by atoms with Crippen molar-refractivity contribution in [3.63, 3.8) is 0 Å². The number of amides is 2. The predicted molar refractivity (Wildman–Crippen MR) is 273 cm³/mol. The zero-order valence-electron chi connectivity index (χ0n) is 42.7. The van der Waals surface area contributed by atoms with Crippen molar-refractivity contribution in [1.29, 1.82) is 0 Å². The van der Waals surface area contributed by atoms with E-state index < -0.39 is 15.8 Å². The lowest BCUT2D eigenvalue weighted by atomic mass is 10.1. The van der Waals surface area contributed by atoms with Crippen LogP contribution in [0.5, 0.6) is 0 Å². The Bertz CT molecular complexity index is 1020. The minimum Gasteiger partial charge on any atom is -0.396 e. The molecule has 2 N–H and O–H groups in total. The minimum absolute atomic E-state index is 0. The first-order valence-corrected chi connectivity index (χ1v) is 26.2. The number of nitrogens with zero attached hydrogens (tertiary/aromatic N) is 6. The summed E-state index contributed by atoms with van der Waals surface area (Å²) in [6.45, 7) is 37.1. The topological polar surface area (TPSA) is 120 Å². The van der Waals surface area contributed by atoms with Crippen molar-refractivity contribution >= 4 is 21.7 Å². The number of rotatable bonds is 14. The Kier molecular flexibility index (Phi) is 63.9. The Morgan fingerprint density at radius 1 is 0.651 bits per heavy atom.